The van der Waals surface area contributed by atoms with E-state index in [2.05, 4.69) is 40.7 Å². The summed E-state index contributed by atoms with van der Waals surface area (Å²) in [7, 11) is 3.50. The van der Waals surface area contributed by atoms with Crippen molar-refractivity contribution in [1.29, 1.82) is 0 Å². The van der Waals surface area contributed by atoms with Crippen molar-refractivity contribution in [3.63, 3.8) is 0 Å². The number of rotatable bonds is 8. The first kappa shape index (κ1) is 33.4. The molecule has 4 aromatic rings. The molecular formula is C40H50N4O5S. The van der Waals surface area contributed by atoms with Crippen molar-refractivity contribution in [2.75, 3.05) is 38.8 Å². The van der Waals surface area contributed by atoms with Gasteiger partial charge in [-0.25, -0.2) is 4.79 Å². The van der Waals surface area contributed by atoms with Crippen molar-refractivity contribution < 1.29 is 24.2 Å². The number of fused-ring (bicyclic) bond motifs is 4. The number of amides is 2. The number of carboxylic acid groups (broad SMARTS) is 1. The van der Waals surface area contributed by atoms with Gasteiger partial charge in [0, 0.05) is 65.6 Å². The van der Waals surface area contributed by atoms with Gasteiger partial charge in [-0.05, 0) is 114 Å². The van der Waals surface area contributed by atoms with Crippen LogP contribution in [-0.2, 0) is 11.3 Å². The fourth-order valence-electron chi connectivity index (χ4n) is 9.21. The van der Waals surface area contributed by atoms with Crippen LogP contribution in [0.2, 0.25) is 0 Å². The lowest BCUT2D eigenvalue weighted by molar-refractivity contribution is 0.0503. The molecule has 266 valence electrons. The molecule has 2 unspecified atom stereocenters. The van der Waals surface area contributed by atoms with Gasteiger partial charge in [0.05, 0.1) is 41.4 Å². The number of benzene rings is 2. The number of aryl methyl sites for hydroxylation is 1. The molecule has 2 aromatic carbocycles. The quantitative estimate of drug-likeness (QED) is 0.200. The average Bonchev–Trinajstić information content (AvgIpc) is 3.42. The molecule has 2 aromatic heterocycles. The van der Waals surface area contributed by atoms with Crippen LogP contribution in [0.5, 0.6) is 5.75 Å². The predicted octanol–water partition coefficient (Wildman–Crippen LogP) is 8.25. The highest BCUT2D eigenvalue weighted by Crippen LogP contribution is 2.47. The standard InChI is InChI=1S/C40H50N4O5S/c1-23-35-33(49-6)18-27(38(45)43-22-26-10-12-30(43)36(26)44(39(46)47)40(2,3)4)19-34(35)50-37(23)32-17-25-9-11-28(41-15-13-29(48-5)14-16-41)20-31(25)42(32)21-24-7-8-24/h9,11,17-20,24,26,29-30,36H,7-8,10,12-16,21-22H2,1-6H3,(H,46,47)/t26?,30?,36-/m1/s1. The second kappa shape index (κ2) is 12.5. The van der Waals surface area contributed by atoms with E-state index in [-0.39, 0.29) is 23.9 Å². The molecule has 4 heterocycles. The van der Waals surface area contributed by atoms with Gasteiger partial charge in [0.1, 0.15) is 5.75 Å². The van der Waals surface area contributed by atoms with Crippen molar-refractivity contribution >= 4 is 50.0 Å². The van der Waals surface area contributed by atoms with Crippen LogP contribution < -0.4 is 9.64 Å². The van der Waals surface area contributed by atoms with Gasteiger partial charge < -0.3 is 28.9 Å². The highest BCUT2D eigenvalue weighted by Gasteiger charge is 2.54. The second-order valence-corrected chi connectivity index (χ2v) is 17.1. The number of aromatic nitrogens is 1. The molecule has 2 aliphatic carbocycles. The van der Waals surface area contributed by atoms with E-state index in [0.717, 1.165) is 55.4 Å². The molecule has 2 saturated heterocycles. The Bertz CT molecular complexity index is 1960. The maximum atomic E-state index is 14.3. The number of anilines is 1. The SMILES string of the molecule is COc1cc(C(=O)N2CC3CCC2[C@@H]3N(C(=O)O)C(C)(C)C)cc2sc(-c3cc4ccc(N5CCC(OC)CC5)cc4n3CC3CC3)c(C)c12. The van der Waals surface area contributed by atoms with Crippen LogP contribution in [0.1, 0.15) is 75.2 Å². The van der Waals surface area contributed by atoms with E-state index in [0.29, 0.717) is 29.9 Å². The fourth-order valence-corrected chi connectivity index (χ4v) is 10.5. The molecule has 9 nitrogen and oxygen atoms in total. The number of thiophene rings is 1. The summed E-state index contributed by atoms with van der Waals surface area (Å²) in [5.41, 5.74) is 5.01. The lowest BCUT2D eigenvalue weighted by Gasteiger charge is -2.40. The first-order valence-electron chi connectivity index (χ1n) is 18.3. The number of hydrogen-bond acceptors (Lipinski definition) is 6. The topological polar surface area (TPSA) is 87.5 Å². The molecule has 1 N–H and O–H groups in total. The Morgan fingerprint density at radius 3 is 2.42 bits per heavy atom. The van der Waals surface area contributed by atoms with Crippen LogP contribution >= 0.6 is 11.3 Å². The van der Waals surface area contributed by atoms with Crippen LogP contribution in [0, 0.1) is 18.8 Å². The van der Waals surface area contributed by atoms with Gasteiger partial charge in [-0.15, -0.1) is 11.3 Å². The molecular weight excluding hydrogens is 649 g/mol. The monoisotopic (exact) mass is 698 g/mol. The molecule has 50 heavy (non-hydrogen) atoms. The van der Waals surface area contributed by atoms with Crippen LogP contribution in [0.4, 0.5) is 10.5 Å². The van der Waals surface area contributed by atoms with Crippen molar-refractivity contribution in [2.24, 2.45) is 11.8 Å². The van der Waals surface area contributed by atoms with Crippen LogP contribution in [0.15, 0.2) is 36.4 Å². The summed E-state index contributed by atoms with van der Waals surface area (Å²) in [5, 5.41) is 12.5. The minimum absolute atomic E-state index is 0.0424. The van der Waals surface area contributed by atoms with Crippen molar-refractivity contribution in [3.05, 3.63) is 47.5 Å². The maximum absolute atomic E-state index is 14.3. The van der Waals surface area contributed by atoms with Gasteiger partial charge in [-0.1, -0.05) is 6.07 Å². The van der Waals surface area contributed by atoms with Crippen molar-refractivity contribution in [1.82, 2.24) is 14.4 Å². The van der Waals surface area contributed by atoms with Gasteiger partial charge in [0.15, 0.2) is 0 Å². The summed E-state index contributed by atoms with van der Waals surface area (Å²) in [5.74, 6) is 1.51. The lowest BCUT2D eigenvalue weighted by Crippen LogP contribution is -2.55. The normalized spacial score (nSPS) is 22.6. The van der Waals surface area contributed by atoms with Gasteiger partial charge in [-0.3, -0.25) is 9.69 Å². The Morgan fingerprint density at radius 2 is 1.76 bits per heavy atom. The molecule has 0 radical (unpaired) electrons. The summed E-state index contributed by atoms with van der Waals surface area (Å²) in [4.78, 5) is 34.0. The van der Waals surface area contributed by atoms with Gasteiger partial charge in [0.25, 0.3) is 5.91 Å². The largest absolute Gasteiger partial charge is 0.496 e. The molecule has 2 saturated carbocycles. The van der Waals surface area contributed by atoms with E-state index in [1.165, 1.54) is 45.6 Å². The third kappa shape index (κ3) is 5.63. The second-order valence-electron chi connectivity index (χ2n) is 16.0. The van der Waals surface area contributed by atoms with Gasteiger partial charge >= 0.3 is 6.09 Å². The average molecular weight is 699 g/mol. The van der Waals surface area contributed by atoms with Crippen molar-refractivity contribution in [3.8, 4) is 16.3 Å². The van der Waals surface area contributed by atoms with Gasteiger partial charge in [-0.2, -0.15) is 0 Å². The summed E-state index contributed by atoms with van der Waals surface area (Å²) >= 11 is 1.74. The van der Waals surface area contributed by atoms with E-state index in [1.807, 2.05) is 44.9 Å². The maximum Gasteiger partial charge on any atom is 0.408 e. The Kier molecular flexibility index (Phi) is 8.33. The third-order valence-electron chi connectivity index (χ3n) is 11.9. The van der Waals surface area contributed by atoms with E-state index in [1.54, 1.807) is 23.3 Å². The van der Waals surface area contributed by atoms with Crippen LogP contribution in [-0.4, -0.2) is 89.1 Å². The number of methoxy groups -OCH3 is 2. The molecule has 10 heteroatoms. The van der Waals surface area contributed by atoms with Gasteiger partial charge in [0.2, 0.25) is 0 Å². The number of ether oxygens (including phenoxy) is 2. The summed E-state index contributed by atoms with van der Waals surface area (Å²) in [6.45, 7) is 11.6. The van der Waals surface area contributed by atoms with E-state index < -0.39 is 11.6 Å². The van der Waals surface area contributed by atoms with E-state index in [4.69, 9.17) is 9.47 Å². The van der Waals surface area contributed by atoms with Crippen molar-refractivity contribution in [2.45, 2.75) is 96.5 Å². The summed E-state index contributed by atoms with van der Waals surface area (Å²) in [6.07, 6.45) is 5.84. The predicted molar refractivity (Wildman–Crippen MR) is 200 cm³/mol. The first-order valence-corrected chi connectivity index (χ1v) is 19.1. The third-order valence-corrected chi connectivity index (χ3v) is 13.2. The smallest absolute Gasteiger partial charge is 0.408 e. The Labute approximate surface area is 298 Å². The van der Waals surface area contributed by atoms with E-state index >= 15 is 0 Å². The molecule has 0 spiro atoms. The number of likely N-dealkylation sites (tertiary alicyclic amines) is 1. The molecule has 2 aliphatic heterocycles. The van der Waals surface area contributed by atoms with Crippen LogP contribution in [0.3, 0.4) is 0 Å². The minimum atomic E-state index is -0.916. The zero-order chi connectivity index (χ0) is 35.1. The molecule has 4 fully saturated rings. The summed E-state index contributed by atoms with van der Waals surface area (Å²) < 4.78 is 15.2. The molecule has 2 bridgehead atoms. The first-order chi connectivity index (χ1) is 24.0. The number of piperidine rings is 2. The fraction of sp³-hybridized carbons (Fsp3) is 0.550. The molecule has 2 amide bonds. The van der Waals surface area contributed by atoms with Crippen LogP contribution in [0.25, 0.3) is 31.6 Å². The number of carbonyl (C=O) groups excluding carboxylic acids is 1. The molecule has 4 aliphatic rings. The Hall–Kier alpha value is -3.76. The number of hydrogen-bond donors (Lipinski definition) is 1. The molecule has 3 atom stereocenters. The number of nitrogens with zero attached hydrogens (tertiary/aromatic N) is 4. The summed E-state index contributed by atoms with van der Waals surface area (Å²) in [6, 6.07) is 12.9. The minimum Gasteiger partial charge on any atom is -0.496 e. The van der Waals surface area contributed by atoms with E-state index in [9.17, 15) is 14.7 Å². The zero-order valence-electron chi connectivity index (χ0n) is 30.2. The Morgan fingerprint density at radius 1 is 1.00 bits per heavy atom. The lowest BCUT2D eigenvalue weighted by atomic mass is 9.98. The Balaban J connectivity index is 1.15. The highest BCUT2D eigenvalue weighted by atomic mass is 32.1. The highest BCUT2D eigenvalue weighted by molar-refractivity contribution is 7.22. The molecule has 8 rings (SSSR count). The zero-order valence-corrected chi connectivity index (χ0v) is 31.0. The number of carbonyl (C=O) groups is 2.